The van der Waals surface area contributed by atoms with E-state index in [1.165, 1.54) is 32.1 Å². The molecule has 2 aliphatic rings. The molecule has 2 fully saturated rings. The Labute approximate surface area is 110 Å². The van der Waals surface area contributed by atoms with Gasteiger partial charge in [0, 0.05) is 18.9 Å². The molecule has 106 valence electrons. The van der Waals surface area contributed by atoms with Crippen LogP contribution in [-0.2, 0) is 0 Å². The summed E-state index contributed by atoms with van der Waals surface area (Å²) in [5.41, 5.74) is 0. The van der Waals surface area contributed by atoms with Gasteiger partial charge in [-0.2, -0.15) is 0 Å². The summed E-state index contributed by atoms with van der Waals surface area (Å²) in [7, 11) is 0. The summed E-state index contributed by atoms with van der Waals surface area (Å²) in [6.07, 6.45) is 8.53. The molecule has 3 heteroatoms. The molecule has 0 spiro atoms. The van der Waals surface area contributed by atoms with Crippen molar-refractivity contribution in [3.63, 3.8) is 0 Å². The van der Waals surface area contributed by atoms with E-state index >= 15 is 0 Å². The highest BCUT2D eigenvalue weighted by molar-refractivity contribution is 4.87. The topological polar surface area (TPSA) is 12.0 Å². The van der Waals surface area contributed by atoms with Gasteiger partial charge in [-0.25, -0.2) is 8.78 Å². The second-order valence-corrected chi connectivity index (χ2v) is 6.26. The lowest BCUT2D eigenvalue weighted by molar-refractivity contribution is 0.00391. The number of nitrogens with one attached hydrogen (secondary N) is 1. The first kappa shape index (κ1) is 14.2. The molecule has 0 aromatic rings. The Morgan fingerprint density at radius 3 is 2.44 bits per heavy atom. The van der Waals surface area contributed by atoms with Gasteiger partial charge in [-0.05, 0) is 44.1 Å². The highest BCUT2D eigenvalue weighted by atomic mass is 19.3. The standard InChI is InChI=1S/C15H27F2N/c1-2-18-14(13-6-4-3-5-7-13)10-12-8-9-15(16,17)11-12/h12-14,18H,2-11H2,1H3. The molecule has 0 aromatic heterocycles. The maximum absolute atomic E-state index is 13.3. The fraction of sp³-hybridized carbons (Fsp3) is 1.00. The summed E-state index contributed by atoms with van der Waals surface area (Å²) in [6, 6.07) is 0.481. The molecule has 0 heterocycles. The molecule has 2 unspecified atom stereocenters. The minimum absolute atomic E-state index is 0.112. The van der Waals surface area contributed by atoms with Crippen LogP contribution >= 0.6 is 0 Å². The number of alkyl halides is 2. The Balaban J connectivity index is 1.85. The van der Waals surface area contributed by atoms with Crippen LogP contribution in [0.1, 0.15) is 64.7 Å². The van der Waals surface area contributed by atoms with Crippen LogP contribution in [0, 0.1) is 11.8 Å². The Morgan fingerprint density at radius 1 is 1.17 bits per heavy atom. The van der Waals surface area contributed by atoms with Crippen LogP contribution in [0.3, 0.4) is 0 Å². The largest absolute Gasteiger partial charge is 0.314 e. The molecule has 0 aliphatic heterocycles. The van der Waals surface area contributed by atoms with Crippen molar-refractivity contribution in [1.82, 2.24) is 5.32 Å². The van der Waals surface area contributed by atoms with Crippen LogP contribution < -0.4 is 5.32 Å². The molecule has 2 aliphatic carbocycles. The summed E-state index contributed by atoms with van der Waals surface area (Å²) in [5.74, 6) is -1.41. The molecule has 1 N–H and O–H groups in total. The molecule has 1 nitrogen and oxygen atoms in total. The van der Waals surface area contributed by atoms with Crippen molar-refractivity contribution in [3.05, 3.63) is 0 Å². The van der Waals surface area contributed by atoms with Crippen LogP contribution in [0.15, 0.2) is 0 Å². The molecule has 0 aromatic carbocycles. The molecule has 18 heavy (non-hydrogen) atoms. The zero-order valence-corrected chi connectivity index (χ0v) is 11.6. The molecular formula is C15H27F2N. The number of hydrogen-bond donors (Lipinski definition) is 1. The molecule has 0 bridgehead atoms. The van der Waals surface area contributed by atoms with Gasteiger partial charge in [0.2, 0.25) is 5.92 Å². The van der Waals surface area contributed by atoms with Crippen molar-refractivity contribution < 1.29 is 8.78 Å². The minimum atomic E-state index is -2.38. The first-order valence-electron chi connectivity index (χ1n) is 7.72. The number of rotatable bonds is 5. The smallest absolute Gasteiger partial charge is 0.248 e. The van der Waals surface area contributed by atoms with Gasteiger partial charge < -0.3 is 5.32 Å². The quantitative estimate of drug-likeness (QED) is 0.773. The second-order valence-electron chi connectivity index (χ2n) is 6.26. The molecule has 2 rings (SSSR count). The lowest BCUT2D eigenvalue weighted by atomic mass is 9.80. The molecule has 0 amide bonds. The third kappa shape index (κ3) is 3.91. The lowest BCUT2D eigenvalue weighted by Gasteiger charge is -2.32. The number of halogens is 2. The van der Waals surface area contributed by atoms with Crippen molar-refractivity contribution in [2.75, 3.05) is 6.54 Å². The van der Waals surface area contributed by atoms with Gasteiger partial charge in [-0.3, -0.25) is 0 Å². The zero-order chi connectivity index (χ0) is 13.0. The average Bonchev–Trinajstić information content (AvgIpc) is 2.69. The normalized spacial score (nSPS) is 30.5. The maximum atomic E-state index is 13.3. The van der Waals surface area contributed by atoms with E-state index in [0.29, 0.717) is 6.04 Å². The van der Waals surface area contributed by atoms with Gasteiger partial charge in [0.05, 0.1) is 0 Å². The highest BCUT2D eigenvalue weighted by Gasteiger charge is 2.40. The zero-order valence-electron chi connectivity index (χ0n) is 11.6. The third-order valence-corrected chi connectivity index (χ3v) is 4.78. The predicted octanol–water partition coefficient (Wildman–Crippen LogP) is 4.37. The van der Waals surface area contributed by atoms with E-state index < -0.39 is 5.92 Å². The first-order valence-corrected chi connectivity index (χ1v) is 7.72. The van der Waals surface area contributed by atoms with Crippen LogP contribution in [0.2, 0.25) is 0 Å². The van der Waals surface area contributed by atoms with Gasteiger partial charge >= 0.3 is 0 Å². The molecule has 2 saturated carbocycles. The molecule has 0 saturated heterocycles. The van der Waals surface area contributed by atoms with E-state index in [-0.39, 0.29) is 18.8 Å². The molecule has 0 radical (unpaired) electrons. The molecule has 2 atom stereocenters. The van der Waals surface area contributed by atoms with Crippen LogP contribution in [0.4, 0.5) is 8.78 Å². The maximum Gasteiger partial charge on any atom is 0.248 e. The van der Waals surface area contributed by atoms with E-state index in [2.05, 4.69) is 12.2 Å². The van der Waals surface area contributed by atoms with Crippen molar-refractivity contribution in [2.24, 2.45) is 11.8 Å². The van der Waals surface area contributed by atoms with Gasteiger partial charge in [0.25, 0.3) is 0 Å². The van der Waals surface area contributed by atoms with E-state index in [1.807, 2.05) is 0 Å². The summed E-state index contributed by atoms with van der Waals surface area (Å²) in [4.78, 5) is 0. The van der Waals surface area contributed by atoms with Crippen molar-refractivity contribution in [1.29, 1.82) is 0 Å². The Hall–Kier alpha value is -0.180. The van der Waals surface area contributed by atoms with Crippen LogP contribution in [0.25, 0.3) is 0 Å². The van der Waals surface area contributed by atoms with Crippen LogP contribution in [0.5, 0.6) is 0 Å². The first-order chi connectivity index (χ1) is 8.61. The predicted molar refractivity (Wildman–Crippen MR) is 70.9 cm³/mol. The van der Waals surface area contributed by atoms with Gasteiger partial charge in [0.15, 0.2) is 0 Å². The summed E-state index contributed by atoms with van der Waals surface area (Å²) < 4.78 is 26.5. The highest BCUT2D eigenvalue weighted by Crippen LogP contribution is 2.42. The Morgan fingerprint density at radius 2 is 1.89 bits per heavy atom. The Bertz CT molecular complexity index is 249. The van der Waals surface area contributed by atoms with Gasteiger partial charge in [0.1, 0.15) is 0 Å². The lowest BCUT2D eigenvalue weighted by Crippen LogP contribution is -2.38. The van der Waals surface area contributed by atoms with E-state index in [0.717, 1.165) is 25.3 Å². The molecular weight excluding hydrogens is 232 g/mol. The SMILES string of the molecule is CCNC(CC1CCC(F)(F)C1)C1CCCCC1. The fourth-order valence-electron chi connectivity index (χ4n) is 3.84. The van der Waals surface area contributed by atoms with Crippen molar-refractivity contribution in [2.45, 2.75) is 76.7 Å². The third-order valence-electron chi connectivity index (χ3n) is 4.78. The van der Waals surface area contributed by atoms with E-state index in [9.17, 15) is 8.78 Å². The fourth-order valence-corrected chi connectivity index (χ4v) is 3.84. The summed E-state index contributed by atoms with van der Waals surface area (Å²) in [5, 5.41) is 3.56. The van der Waals surface area contributed by atoms with E-state index in [4.69, 9.17) is 0 Å². The van der Waals surface area contributed by atoms with Crippen LogP contribution in [-0.4, -0.2) is 18.5 Å². The summed E-state index contributed by atoms with van der Waals surface area (Å²) in [6.45, 7) is 3.09. The monoisotopic (exact) mass is 259 g/mol. The minimum Gasteiger partial charge on any atom is -0.314 e. The average molecular weight is 259 g/mol. The van der Waals surface area contributed by atoms with Crippen molar-refractivity contribution in [3.8, 4) is 0 Å². The second kappa shape index (κ2) is 6.31. The van der Waals surface area contributed by atoms with E-state index in [1.54, 1.807) is 0 Å². The number of hydrogen-bond acceptors (Lipinski definition) is 1. The van der Waals surface area contributed by atoms with Gasteiger partial charge in [-0.15, -0.1) is 0 Å². The summed E-state index contributed by atoms with van der Waals surface area (Å²) >= 11 is 0. The van der Waals surface area contributed by atoms with Gasteiger partial charge in [-0.1, -0.05) is 26.2 Å². The van der Waals surface area contributed by atoms with Crippen molar-refractivity contribution >= 4 is 0 Å². The Kier molecular flexibility index (Phi) is 4.99.